The number of nitriles is 1. The minimum atomic E-state index is -0.367. The Balaban J connectivity index is 0.000000238. The largest absolute Gasteiger partial charge is 0.505 e. The predicted molar refractivity (Wildman–Crippen MR) is 90.0 cm³/mol. The predicted octanol–water partition coefficient (Wildman–Crippen LogP) is 3.83. The third kappa shape index (κ3) is 7.33. The van der Waals surface area contributed by atoms with E-state index in [1.54, 1.807) is 11.0 Å². The summed E-state index contributed by atoms with van der Waals surface area (Å²) >= 11 is 3.09. The summed E-state index contributed by atoms with van der Waals surface area (Å²) in [6.07, 6.45) is 4.75. The number of pyridine rings is 1. The van der Waals surface area contributed by atoms with Gasteiger partial charge in [0.15, 0.2) is 11.4 Å². The molecule has 1 aromatic rings. The summed E-state index contributed by atoms with van der Waals surface area (Å²) in [6, 6.07) is 3.16. The van der Waals surface area contributed by atoms with E-state index in [4.69, 9.17) is 15.1 Å². The van der Waals surface area contributed by atoms with Crippen molar-refractivity contribution in [1.82, 2.24) is 9.88 Å². The van der Waals surface area contributed by atoms with Crippen LogP contribution in [-0.2, 0) is 4.74 Å². The van der Waals surface area contributed by atoms with Crippen molar-refractivity contribution < 1.29 is 14.6 Å². The molecular formula is C16H22BrN3O3. The number of hydrogen-bond acceptors (Lipinski definition) is 5. The lowest BCUT2D eigenvalue weighted by molar-refractivity contribution is 0.0216. The van der Waals surface area contributed by atoms with Crippen LogP contribution in [0, 0.1) is 11.3 Å². The Morgan fingerprint density at radius 3 is 2.48 bits per heavy atom. The summed E-state index contributed by atoms with van der Waals surface area (Å²) < 4.78 is 5.92. The van der Waals surface area contributed by atoms with Gasteiger partial charge in [0.1, 0.15) is 11.7 Å². The number of aromatic hydroxyl groups is 1. The van der Waals surface area contributed by atoms with E-state index in [-0.39, 0.29) is 23.1 Å². The van der Waals surface area contributed by atoms with Crippen LogP contribution in [0.3, 0.4) is 0 Å². The molecule has 0 aromatic carbocycles. The summed E-state index contributed by atoms with van der Waals surface area (Å²) in [7, 11) is 0. The van der Waals surface area contributed by atoms with Gasteiger partial charge in [-0.05, 0) is 62.0 Å². The summed E-state index contributed by atoms with van der Waals surface area (Å²) in [5.74, 6) is -0.100. The standard InChI is InChI=1S/C10H19NO2.C6H3BrN2O/c1-10(2,3)13-9(12)11-7-5-4-6-8-11;7-4-1-6(10)5(2-8)9-3-4/h4-8H2,1-3H3;1,3,10H. The first kappa shape index (κ1) is 19.2. The molecular weight excluding hydrogens is 362 g/mol. The molecule has 0 saturated carbocycles. The van der Waals surface area contributed by atoms with Crippen molar-refractivity contribution in [1.29, 1.82) is 5.26 Å². The average molecular weight is 384 g/mol. The zero-order valence-electron chi connectivity index (χ0n) is 13.7. The summed E-state index contributed by atoms with van der Waals surface area (Å²) in [5.41, 5.74) is -0.322. The summed E-state index contributed by atoms with van der Waals surface area (Å²) in [6.45, 7) is 7.41. The Hall–Kier alpha value is -1.81. The number of nitrogens with zero attached hydrogens (tertiary/aromatic N) is 3. The molecule has 1 aliphatic heterocycles. The number of halogens is 1. The molecule has 1 aromatic heterocycles. The Bertz CT molecular complexity index is 573. The minimum Gasteiger partial charge on any atom is -0.505 e. The maximum Gasteiger partial charge on any atom is 0.410 e. The lowest BCUT2D eigenvalue weighted by Gasteiger charge is -2.29. The number of ether oxygens (including phenoxy) is 1. The molecule has 1 fully saturated rings. The number of likely N-dealkylation sites (tertiary alicyclic amines) is 1. The van der Waals surface area contributed by atoms with Crippen LogP contribution >= 0.6 is 15.9 Å². The number of amides is 1. The summed E-state index contributed by atoms with van der Waals surface area (Å²) in [5, 5.41) is 17.3. The second kappa shape index (κ2) is 8.73. The van der Waals surface area contributed by atoms with Crippen molar-refractivity contribution >= 4 is 22.0 Å². The fourth-order valence-corrected chi connectivity index (χ4v) is 2.24. The molecule has 126 valence electrons. The number of rotatable bonds is 0. The molecule has 0 atom stereocenters. The van der Waals surface area contributed by atoms with Gasteiger partial charge in [-0.25, -0.2) is 9.78 Å². The minimum absolute atomic E-state index is 0.0446. The number of aromatic nitrogens is 1. The molecule has 0 aliphatic carbocycles. The van der Waals surface area contributed by atoms with Crippen LogP contribution in [0.5, 0.6) is 5.75 Å². The maximum absolute atomic E-state index is 11.5. The molecule has 1 N–H and O–H groups in total. The van der Waals surface area contributed by atoms with Gasteiger partial charge >= 0.3 is 6.09 Å². The zero-order chi connectivity index (χ0) is 17.5. The van der Waals surface area contributed by atoms with Gasteiger partial charge in [-0.15, -0.1) is 0 Å². The van der Waals surface area contributed by atoms with Gasteiger partial charge in [0.2, 0.25) is 0 Å². The highest BCUT2D eigenvalue weighted by atomic mass is 79.9. The Morgan fingerprint density at radius 1 is 1.39 bits per heavy atom. The molecule has 23 heavy (non-hydrogen) atoms. The third-order valence-electron chi connectivity index (χ3n) is 2.95. The Labute approximate surface area is 145 Å². The van der Waals surface area contributed by atoms with Crippen molar-refractivity contribution in [3.8, 4) is 11.8 Å². The number of piperidine rings is 1. The second-order valence-corrected chi connectivity index (χ2v) is 7.08. The van der Waals surface area contributed by atoms with Gasteiger partial charge in [-0.3, -0.25) is 0 Å². The number of carbonyl (C=O) groups excluding carboxylic acids is 1. The highest BCUT2D eigenvalue weighted by molar-refractivity contribution is 9.10. The van der Waals surface area contributed by atoms with Crippen molar-refractivity contribution in [2.75, 3.05) is 13.1 Å². The Morgan fingerprint density at radius 2 is 2.00 bits per heavy atom. The van der Waals surface area contributed by atoms with Crippen molar-refractivity contribution in [2.45, 2.75) is 45.6 Å². The topological polar surface area (TPSA) is 86.5 Å². The fourth-order valence-electron chi connectivity index (χ4n) is 1.92. The van der Waals surface area contributed by atoms with Gasteiger partial charge in [0.25, 0.3) is 0 Å². The van der Waals surface area contributed by atoms with E-state index in [1.165, 1.54) is 18.7 Å². The van der Waals surface area contributed by atoms with Crippen LogP contribution in [0.1, 0.15) is 45.7 Å². The smallest absolute Gasteiger partial charge is 0.410 e. The molecule has 2 rings (SSSR count). The normalized spacial score (nSPS) is 14.3. The first-order valence-electron chi connectivity index (χ1n) is 7.45. The molecule has 2 heterocycles. The van der Waals surface area contributed by atoms with Gasteiger partial charge in [0, 0.05) is 23.8 Å². The maximum atomic E-state index is 11.5. The van der Waals surface area contributed by atoms with E-state index in [0.717, 1.165) is 25.9 Å². The van der Waals surface area contributed by atoms with E-state index in [9.17, 15) is 4.79 Å². The van der Waals surface area contributed by atoms with Crippen LogP contribution in [0.25, 0.3) is 0 Å². The van der Waals surface area contributed by atoms with Gasteiger partial charge in [0.05, 0.1) is 0 Å². The highest BCUT2D eigenvalue weighted by Gasteiger charge is 2.22. The van der Waals surface area contributed by atoms with E-state index in [1.807, 2.05) is 20.8 Å². The average Bonchev–Trinajstić information content (AvgIpc) is 2.47. The van der Waals surface area contributed by atoms with Crippen LogP contribution in [0.2, 0.25) is 0 Å². The number of carbonyl (C=O) groups is 1. The lowest BCUT2D eigenvalue weighted by Crippen LogP contribution is -2.39. The monoisotopic (exact) mass is 383 g/mol. The molecule has 1 amide bonds. The van der Waals surface area contributed by atoms with Crippen LogP contribution in [0.15, 0.2) is 16.7 Å². The second-order valence-electron chi connectivity index (χ2n) is 6.16. The molecule has 0 spiro atoms. The molecule has 6 nitrogen and oxygen atoms in total. The van der Waals surface area contributed by atoms with Crippen LogP contribution in [-0.4, -0.2) is 39.8 Å². The number of hydrogen-bond donors (Lipinski definition) is 1. The molecule has 0 radical (unpaired) electrons. The van der Waals surface area contributed by atoms with Crippen LogP contribution in [0.4, 0.5) is 4.79 Å². The van der Waals surface area contributed by atoms with E-state index in [0.29, 0.717) is 4.47 Å². The van der Waals surface area contributed by atoms with Crippen molar-refractivity contribution in [3.63, 3.8) is 0 Å². The van der Waals surface area contributed by atoms with E-state index in [2.05, 4.69) is 20.9 Å². The lowest BCUT2D eigenvalue weighted by atomic mass is 10.1. The first-order valence-corrected chi connectivity index (χ1v) is 8.25. The zero-order valence-corrected chi connectivity index (χ0v) is 15.3. The highest BCUT2D eigenvalue weighted by Crippen LogP contribution is 2.18. The van der Waals surface area contributed by atoms with Crippen molar-refractivity contribution in [3.05, 3.63) is 22.4 Å². The third-order valence-corrected chi connectivity index (χ3v) is 3.38. The van der Waals surface area contributed by atoms with Crippen LogP contribution < -0.4 is 0 Å². The van der Waals surface area contributed by atoms with E-state index >= 15 is 0 Å². The Kier molecular flexibility index (Phi) is 7.30. The molecule has 0 bridgehead atoms. The van der Waals surface area contributed by atoms with E-state index < -0.39 is 0 Å². The first-order chi connectivity index (χ1) is 10.7. The quantitative estimate of drug-likeness (QED) is 0.735. The molecule has 1 aliphatic rings. The molecule has 0 unspecified atom stereocenters. The van der Waals surface area contributed by atoms with Crippen molar-refractivity contribution in [2.24, 2.45) is 0 Å². The van der Waals surface area contributed by atoms with Gasteiger partial charge < -0.3 is 14.7 Å². The fraction of sp³-hybridized carbons (Fsp3) is 0.562. The van der Waals surface area contributed by atoms with Gasteiger partial charge in [-0.1, -0.05) is 0 Å². The molecule has 7 heteroatoms. The summed E-state index contributed by atoms with van der Waals surface area (Å²) in [4.78, 5) is 17.0. The van der Waals surface area contributed by atoms with Gasteiger partial charge in [-0.2, -0.15) is 5.26 Å². The SMILES string of the molecule is CC(C)(C)OC(=O)N1CCCCC1.N#Cc1ncc(Br)cc1O. The molecule has 1 saturated heterocycles.